The van der Waals surface area contributed by atoms with Gasteiger partial charge in [0.05, 0.1) is 11.6 Å². The fraction of sp³-hybridized carbons (Fsp3) is 0.600. The van der Waals surface area contributed by atoms with Gasteiger partial charge in [0.2, 0.25) is 0 Å². The Balaban J connectivity index is 2.66. The van der Waals surface area contributed by atoms with Crippen molar-refractivity contribution < 1.29 is 9.47 Å². The molecule has 0 aliphatic rings. The molecule has 0 aromatic heterocycles. The predicted octanol–water partition coefficient (Wildman–Crippen LogP) is 4.30. The molecule has 0 unspecified atom stereocenters. The highest BCUT2D eigenvalue weighted by atomic mass is 35.5. The molecule has 114 valence electrons. The van der Waals surface area contributed by atoms with E-state index in [1.54, 1.807) is 6.07 Å². The van der Waals surface area contributed by atoms with Gasteiger partial charge in [0, 0.05) is 29.8 Å². The Morgan fingerprint density at radius 1 is 1.15 bits per heavy atom. The lowest BCUT2D eigenvalue weighted by Gasteiger charge is -2.15. The van der Waals surface area contributed by atoms with Gasteiger partial charge >= 0.3 is 0 Å². The van der Waals surface area contributed by atoms with Crippen LogP contribution < -0.4 is 10.1 Å². The van der Waals surface area contributed by atoms with Crippen molar-refractivity contribution in [1.29, 1.82) is 0 Å². The van der Waals surface area contributed by atoms with E-state index in [2.05, 4.69) is 26.1 Å². The molecule has 0 radical (unpaired) electrons. The molecular weight excluding hydrogens is 297 g/mol. The summed E-state index contributed by atoms with van der Waals surface area (Å²) in [5, 5.41) is 4.49. The number of hydrogen-bond acceptors (Lipinski definition) is 3. The van der Waals surface area contributed by atoms with Gasteiger partial charge < -0.3 is 14.8 Å². The Kier molecular flexibility index (Phi) is 8.31. The third kappa shape index (κ3) is 6.31. The number of ether oxygens (including phenoxy) is 2. The van der Waals surface area contributed by atoms with Crippen LogP contribution in [-0.4, -0.2) is 25.9 Å². The third-order valence-electron chi connectivity index (χ3n) is 2.61. The molecule has 0 saturated carbocycles. The van der Waals surface area contributed by atoms with Crippen LogP contribution in [0.1, 0.15) is 32.8 Å². The highest BCUT2D eigenvalue weighted by Crippen LogP contribution is 2.32. The average molecular weight is 320 g/mol. The van der Waals surface area contributed by atoms with E-state index in [1.165, 1.54) is 0 Å². The summed E-state index contributed by atoms with van der Waals surface area (Å²) in [5.41, 5.74) is 0.965. The molecule has 0 atom stereocenters. The van der Waals surface area contributed by atoms with E-state index in [9.17, 15) is 0 Å². The topological polar surface area (TPSA) is 30.5 Å². The minimum Gasteiger partial charge on any atom is -0.489 e. The van der Waals surface area contributed by atoms with Crippen LogP contribution in [0.4, 0.5) is 0 Å². The molecule has 0 heterocycles. The van der Waals surface area contributed by atoms with E-state index in [4.69, 9.17) is 32.7 Å². The second-order valence-electron chi connectivity index (χ2n) is 4.87. The lowest BCUT2D eigenvalue weighted by molar-refractivity contribution is 0.100. The Hall–Kier alpha value is -0.480. The zero-order valence-corrected chi connectivity index (χ0v) is 13.9. The van der Waals surface area contributed by atoms with Crippen LogP contribution in [0, 0.1) is 0 Å². The fourth-order valence-corrected chi connectivity index (χ4v) is 2.26. The molecule has 1 N–H and O–H groups in total. The van der Waals surface area contributed by atoms with Crippen LogP contribution in [0.3, 0.4) is 0 Å². The maximum absolute atomic E-state index is 6.21. The SMILES string of the molecule is CCCOCCOc1c(Cl)cc(Cl)cc1CNC(C)C. The van der Waals surface area contributed by atoms with E-state index in [-0.39, 0.29) is 0 Å². The summed E-state index contributed by atoms with van der Waals surface area (Å²) in [7, 11) is 0. The minimum atomic E-state index is 0.383. The molecular formula is C15H23Cl2NO2. The Morgan fingerprint density at radius 3 is 2.55 bits per heavy atom. The molecule has 1 rings (SSSR count). The van der Waals surface area contributed by atoms with Gasteiger partial charge in [-0.1, -0.05) is 44.0 Å². The van der Waals surface area contributed by atoms with Crippen molar-refractivity contribution in [2.45, 2.75) is 39.8 Å². The molecule has 0 amide bonds. The summed E-state index contributed by atoms with van der Waals surface area (Å²) < 4.78 is 11.1. The van der Waals surface area contributed by atoms with Crippen LogP contribution in [0.5, 0.6) is 5.75 Å². The molecule has 0 spiro atoms. The van der Waals surface area contributed by atoms with E-state index in [1.807, 2.05) is 6.07 Å². The van der Waals surface area contributed by atoms with E-state index < -0.39 is 0 Å². The lowest BCUT2D eigenvalue weighted by atomic mass is 10.2. The van der Waals surface area contributed by atoms with Crippen LogP contribution in [0.15, 0.2) is 12.1 Å². The Labute approximate surface area is 131 Å². The van der Waals surface area contributed by atoms with Crippen molar-refractivity contribution in [2.75, 3.05) is 19.8 Å². The van der Waals surface area contributed by atoms with Gasteiger partial charge in [0.1, 0.15) is 12.4 Å². The summed E-state index contributed by atoms with van der Waals surface area (Å²) in [5.74, 6) is 0.685. The van der Waals surface area contributed by atoms with Gasteiger partial charge in [0.15, 0.2) is 0 Å². The van der Waals surface area contributed by atoms with Crippen molar-refractivity contribution >= 4 is 23.2 Å². The summed E-state index contributed by atoms with van der Waals surface area (Å²) in [6.07, 6.45) is 1.01. The monoisotopic (exact) mass is 319 g/mol. The highest BCUT2D eigenvalue weighted by Gasteiger charge is 2.11. The molecule has 0 bridgehead atoms. The van der Waals surface area contributed by atoms with E-state index >= 15 is 0 Å². The van der Waals surface area contributed by atoms with Crippen LogP contribution in [-0.2, 0) is 11.3 Å². The molecule has 20 heavy (non-hydrogen) atoms. The first kappa shape index (κ1) is 17.6. The number of hydrogen-bond donors (Lipinski definition) is 1. The average Bonchev–Trinajstić information content (AvgIpc) is 2.38. The summed E-state index contributed by atoms with van der Waals surface area (Å²) in [6, 6.07) is 3.96. The standard InChI is InChI=1S/C15H23Cl2NO2/c1-4-5-19-6-7-20-15-12(10-18-11(2)3)8-13(16)9-14(15)17/h8-9,11,18H,4-7,10H2,1-3H3. The van der Waals surface area contributed by atoms with Crippen LogP contribution in [0.25, 0.3) is 0 Å². The Morgan fingerprint density at radius 2 is 1.90 bits per heavy atom. The number of nitrogens with one attached hydrogen (secondary N) is 1. The van der Waals surface area contributed by atoms with Crippen molar-refractivity contribution in [1.82, 2.24) is 5.32 Å². The molecule has 0 fully saturated rings. The van der Waals surface area contributed by atoms with Gasteiger partial charge in [-0.15, -0.1) is 0 Å². The van der Waals surface area contributed by atoms with Gasteiger partial charge in [-0.05, 0) is 18.6 Å². The molecule has 0 aliphatic heterocycles. The first-order chi connectivity index (χ1) is 9.54. The lowest BCUT2D eigenvalue weighted by Crippen LogP contribution is -2.22. The maximum atomic E-state index is 6.21. The van der Waals surface area contributed by atoms with Crippen molar-refractivity contribution in [3.8, 4) is 5.75 Å². The predicted molar refractivity (Wildman–Crippen MR) is 85.0 cm³/mol. The largest absolute Gasteiger partial charge is 0.489 e. The normalized spacial score (nSPS) is 11.1. The van der Waals surface area contributed by atoms with Gasteiger partial charge in [-0.3, -0.25) is 0 Å². The third-order valence-corrected chi connectivity index (χ3v) is 3.11. The van der Waals surface area contributed by atoms with Crippen LogP contribution >= 0.6 is 23.2 Å². The summed E-state index contributed by atoms with van der Waals surface area (Å²) in [6.45, 7) is 8.71. The van der Waals surface area contributed by atoms with Crippen molar-refractivity contribution in [3.05, 3.63) is 27.7 Å². The van der Waals surface area contributed by atoms with Gasteiger partial charge in [-0.2, -0.15) is 0 Å². The highest BCUT2D eigenvalue weighted by molar-refractivity contribution is 6.35. The first-order valence-corrected chi connectivity index (χ1v) is 7.72. The zero-order chi connectivity index (χ0) is 15.0. The molecule has 1 aromatic carbocycles. The second kappa shape index (κ2) is 9.46. The Bertz CT molecular complexity index is 411. The summed E-state index contributed by atoms with van der Waals surface area (Å²) >= 11 is 12.3. The zero-order valence-electron chi connectivity index (χ0n) is 12.3. The van der Waals surface area contributed by atoms with Crippen LogP contribution in [0.2, 0.25) is 10.0 Å². The van der Waals surface area contributed by atoms with Crippen molar-refractivity contribution in [3.63, 3.8) is 0 Å². The minimum absolute atomic E-state index is 0.383. The van der Waals surface area contributed by atoms with Gasteiger partial charge in [0.25, 0.3) is 0 Å². The number of halogens is 2. The quantitative estimate of drug-likeness (QED) is 0.688. The van der Waals surface area contributed by atoms with Gasteiger partial charge in [-0.25, -0.2) is 0 Å². The molecule has 0 aliphatic carbocycles. The first-order valence-electron chi connectivity index (χ1n) is 6.96. The van der Waals surface area contributed by atoms with Crippen molar-refractivity contribution in [2.24, 2.45) is 0 Å². The summed E-state index contributed by atoms with van der Waals surface area (Å²) in [4.78, 5) is 0. The molecule has 0 saturated heterocycles. The smallest absolute Gasteiger partial charge is 0.142 e. The van der Waals surface area contributed by atoms with E-state index in [0.717, 1.165) is 18.6 Å². The second-order valence-corrected chi connectivity index (χ2v) is 5.72. The molecule has 5 heteroatoms. The number of benzene rings is 1. The maximum Gasteiger partial charge on any atom is 0.142 e. The molecule has 3 nitrogen and oxygen atoms in total. The van der Waals surface area contributed by atoms with E-state index in [0.29, 0.717) is 41.6 Å². The molecule has 1 aromatic rings. The number of rotatable bonds is 9. The fourth-order valence-electron chi connectivity index (χ4n) is 1.67.